The Morgan fingerprint density at radius 3 is 3.00 bits per heavy atom. The van der Waals surface area contributed by atoms with Crippen LogP contribution in [0.15, 0.2) is 42.0 Å². The average Bonchev–Trinajstić information content (AvgIpc) is 2.89. The summed E-state index contributed by atoms with van der Waals surface area (Å²) in [6.07, 6.45) is 1.88. The number of hydrogen-bond donors (Lipinski definition) is 1. The number of rotatable bonds is 3. The van der Waals surface area contributed by atoms with Gasteiger partial charge in [-0.25, -0.2) is 4.98 Å². The van der Waals surface area contributed by atoms with Crippen LogP contribution < -0.4 is 5.32 Å². The molecule has 0 aliphatic carbocycles. The number of hydrogen-bond acceptors (Lipinski definition) is 4. The van der Waals surface area contributed by atoms with E-state index in [1.807, 2.05) is 29.9 Å². The van der Waals surface area contributed by atoms with E-state index in [-0.39, 0.29) is 0 Å². The van der Waals surface area contributed by atoms with Gasteiger partial charge in [0.1, 0.15) is 5.82 Å². The van der Waals surface area contributed by atoms with E-state index in [2.05, 4.69) is 34.3 Å². The molecule has 0 saturated heterocycles. The zero-order chi connectivity index (χ0) is 12.4. The van der Waals surface area contributed by atoms with Gasteiger partial charge < -0.3 is 5.32 Å². The first kappa shape index (κ1) is 11.2. The maximum Gasteiger partial charge on any atom is 0.129 e. The highest BCUT2D eigenvalue weighted by molar-refractivity contribution is 7.09. The Morgan fingerprint density at radius 2 is 2.17 bits per heavy atom. The second-order valence-electron chi connectivity index (χ2n) is 4.17. The fraction of sp³-hybridized carbons (Fsp3) is 0.143. The SMILES string of the molecule is Cc1cc2ccccc2nc1NCc1cncs1. The molecule has 0 unspecified atom stereocenters. The number of thiazole rings is 1. The van der Waals surface area contributed by atoms with Crippen LogP contribution in [0.25, 0.3) is 10.9 Å². The van der Waals surface area contributed by atoms with Gasteiger partial charge in [-0.15, -0.1) is 11.3 Å². The van der Waals surface area contributed by atoms with Crippen molar-refractivity contribution in [3.8, 4) is 0 Å². The van der Waals surface area contributed by atoms with Gasteiger partial charge in [0.25, 0.3) is 0 Å². The molecule has 0 radical (unpaired) electrons. The molecule has 3 nitrogen and oxygen atoms in total. The number of benzene rings is 1. The van der Waals surface area contributed by atoms with Crippen molar-refractivity contribution in [2.75, 3.05) is 5.32 Å². The lowest BCUT2D eigenvalue weighted by Crippen LogP contribution is -2.02. The molecule has 0 saturated carbocycles. The highest BCUT2D eigenvalue weighted by Crippen LogP contribution is 2.20. The van der Waals surface area contributed by atoms with E-state index >= 15 is 0 Å². The quantitative estimate of drug-likeness (QED) is 0.777. The predicted octanol–water partition coefficient (Wildman–Crippen LogP) is 3.61. The summed E-state index contributed by atoms with van der Waals surface area (Å²) in [5, 5.41) is 4.55. The zero-order valence-electron chi connectivity index (χ0n) is 10.1. The predicted molar refractivity (Wildman–Crippen MR) is 75.9 cm³/mol. The van der Waals surface area contributed by atoms with Crippen LogP contribution in [0.4, 0.5) is 5.82 Å². The number of nitrogens with one attached hydrogen (secondary N) is 1. The molecule has 0 aliphatic heterocycles. The Hall–Kier alpha value is -1.94. The molecule has 2 aromatic heterocycles. The number of pyridine rings is 1. The van der Waals surface area contributed by atoms with Gasteiger partial charge in [0.15, 0.2) is 0 Å². The second kappa shape index (κ2) is 4.74. The molecule has 0 bridgehead atoms. The van der Waals surface area contributed by atoms with Crippen molar-refractivity contribution >= 4 is 28.1 Å². The van der Waals surface area contributed by atoms with Gasteiger partial charge in [0.2, 0.25) is 0 Å². The van der Waals surface area contributed by atoms with Gasteiger partial charge >= 0.3 is 0 Å². The van der Waals surface area contributed by atoms with Gasteiger partial charge in [-0.3, -0.25) is 4.98 Å². The van der Waals surface area contributed by atoms with E-state index in [1.165, 1.54) is 15.8 Å². The minimum absolute atomic E-state index is 0.775. The number of anilines is 1. The molecule has 90 valence electrons. The van der Waals surface area contributed by atoms with Crippen molar-refractivity contribution < 1.29 is 0 Å². The van der Waals surface area contributed by atoms with Crippen LogP contribution in [0.5, 0.6) is 0 Å². The fourth-order valence-corrected chi connectivity index (χ4v) is 2.44. The number of nitrogens with zero attached hydrogens (tertiary/aromatic N) is 2. The molecule has 1 aromatic carbocycles. The first-order chi connectivity index (χ1) is 8.83. The first-order valence-corrected chi connectivity index (χ1v) is 6.68. The molecule has 0 atom stereocenters. The third kappa shape index (κ3) is 2.19. The van der Waals surface area contributed by atoms with Crippen LogP contribution in [-0.2, 0) is 6.54 Å². The summed E-state index contributed by atoms with van der Waals surface area (Å²) in [5.41, 5.74) is 4.03. The lowest BCUT2D eigenvalue weighted by molar-refractivity contribution is 1.13. The Bertz CT molecular complexity index is 662. The summed E-state index contributed by atoms with van der Waals surface area (Å²) in [4.78, 5) is 9.92. The summed E-state index contributed by atoms with van der Waals surface area (Å²) in [7, 11) is 0. The molecule has 0 spiro atoms. The summed E-state index contributed by atoms with van der Waals surface area (Å²) < 4.78 is 0. The summed E-state index contributed by atoms with van der Waals surface area (Å²) in [5.74, 6) is 0.946. The highest BCUT2D eigenvalue weighted by Gasteiger charge is 2.03. The van der Waals surface area contributed by atoms with Crippen molar-refractivity contribution in [1.82, 2.24) is 9.97 Å². The topological polar surface area (TPSA) is 37.8 Å². The highest BCUT2D eigenvalue weighted by atomic mass is 32.1. The Labute approximate surface area is 110 Å². The van der Waals surface area contributed by atoms with Crippen LogP contribution in [-0.4, -0.2) is 9.97 Å². The molecule has 1 N–H and O–H groups in total. The van der Waals surface area contributed by atoms with E-state index in [0.29, 0.717) is 0 Å². The van der Waals surface area contributed by atoms with Gasteiger partial charge in [-0.1, -0.05) is 18.2 Å². The van der Waals surface area contributed by atoms with Crippen LogP contribution in [0, 0.1) is 6.92 Å². The van der Waals surface area contributed by atoms with E-state index in [4.69, 9.17) is 0 Å². The standard InChI is InChI=1S/C14H13N3S/c1-10-6-11-4-2-3-5-13(11)17-14(10)16-8-12-7-15-9-18-12/h2-7,9H,8H2,1H3,(H,16,17). The zero-order valence-corrected chi connectivity index (χ0v) is 10.9. The second-order valence-corrected chi connectivity index (χ2v) is 5.14. The third-order valence-corrected chi connectivity index (χ3v) is 3.61. The monoisotopic (exact) mass is 255 g/mol. The lowest BCUT2D eigenvalue weighted by atomic mass is 10.1. The largest absolute Gasteiger partial charge is 0.365 e. The third-order valence-electron chi connectivity index (χ3n) is 2.83. The fourth-order valence-electron chi connectivity index (χ4n) is 1.90. The Balaban J connectivity index is 1.89. The Kier molecular flexibility index (Phi) is 2.94. The summed E-state index contributed by atoms with van der Waals surface area (Å²) in [6, 6.07) is 10.3. The number of aromatic nitrogens is 2. The molecule has 0 aliphatic rings. The molecule has 18 heavy (non-hydrogen) atoms. The van der Waals surface area contributed by atoms with E-state index in [0.717, 1.165) is 17.9 Å². The molecule has 2 heterocycles. The normalized spacial score (nSPS) is 10.7. The lowest BCUT2D eigenvalue weighted by Gasteiger charge is -2.08. The van der Waals surface area contributed by atoms with E-state index < -0.39 is 0 Å². The molecular formula is C14H13N3S. The van der Waals surface area contributed by atoms with Crippen molar-refractivity contribution in [1.29, 1.82) is 0 Å². The smallest absolute Gasteiger partial charge is 0.129 e. The number of fused-ring (bicyclic) bond motifs is 1. The number of para-hydroxylation sites is 1. The van der Waals surface area contributed by atoms with Gasteiger partial charge in [-0.05, 0) is 24.6 Å². The minimum atomic E-state index is 0.775. The van der Waals surface area contributed by atoms with Crippen molar-refractivity contribution in [3.05, 3.63) is 52.5 Å². The molecule has 0 fully saturated rings. The number of aryl methyl sites for hydroxylation is 1. The van der Waals surface area contributed by atoms with Crippen molar-refractivity contribution in [2.24, 2.45) is 0 Å². The van der Waals surface area contributed by atoms with Gasteiger partial charge in [0.05, 0.1) is 17.6 Å². The van der Waals surface area contributed by atoms with E-state index in [1.54, 1.807) is 11.3 Å². The molecule has 3 aromatic rings. The summed E-state index contributed by atoms with van der Waals surface area (Å²) >= 11 is 1.65. The maximum atomic E-state index is 4.65. The maximum absolute atomic E-state index is 4.65. The van der Waals surface area contributed by atoms with Gasteiger partial charge in [0, 0.05) is 16.5 Å². The molecular weight excluding hydrogens is 242 g/mol. The molecule has 3 rings (SSSR count). The minimum Gasteiger partial charge on any atom is -0.365 e. The molecule has 0 amide bonds. The van der Waals surface area contributed by atoms with Crippen LogP contribution in [0.2, 0.25) is 0 Å². The molecule has 4 heteroatoms. The van der Waals surface area contributed by atoms with Crippen LogP contribution in [0.1, 0.15) is 10.4 Å². The van der Waals surface area contributed by atoms with Crippen molar-refractivity contribution in [3.63, 3.8) is 0 Å². The first-order valence-electron chi connectivity index (χ1n) is 5.80. The Morgan fingerprint density at radius 1 is 1.28 bits per heavy atom. The van der Waals surface area contributed by atoms with Gasteiger partial charge in [-0.2, -0.15) is 0 Å². The van der Waals surface area contributed by atoms with E-state index in [9.17, 15) is 0 Å². The van der Waals surface area contributed by atoms with Crippen LogP contribution in [0.3, 0.4) is 0 Å². The average molecular weight is 255 g/mol. The van der Waals surface area contributed by atoms with Crippen LogP contribution >= 0.6 is 11.3 Å². The van der Waals surface area contributed by atoms with Crippen molar-refractivity contribution in [2.45, 2.75) is 13.5 Å². The summed E-state index contributed by atoms with van der Waals surface area (Å²) in [6.45, 7) is 2.85.